The van der Waals surface area contributed by atoms with Crippen molar-refractivity contribution in [2.45, 2.75) is 6.61 Å². The van der Waals surface area contributed by atoms with Gasteiger partial charge in [0, 0.05) is 5.56 Å². The third kappa shape index (κ3) is 3.44. The van der Waals surface area contributed by atoms with Crippen molar-refractivity contribution in [2.24, 2.45) is 0 Å². The summed E-state index contributed by atoms with van der Waals surface area (Å²) in [6.45, 7) is 0.434. The number of hydrogen-bond donors (Lipinski definition) is 1. The molecule has 5 nitrogen and oxygen atoms in total. The molecule has 0 radical (unpaired) electrons. The van der Waals surface area contributed by atoms with Crippen LogP contribution in [0.2, 0.25) is 0 Å². The molecular weight excluding hydrogens is 340 g/mol. The van der Waals surface area contributed by atoms with E-state index in [1.165, 1.54) is 0 Å². The highest BCUT2D eigenvalue weighted by Crippen LogP contribution is 2.41. The third-order valence-electron chi connectivity index (χ3n) is 4.34. The van der Waals surface area contributed by atoms with E-state index in [1.54, 1.807) is 14.2 Å². The molecule has 0 saturated carbocycles. The summed E-state index contributed by atoms with van der Waals surface area (Å²) < 4.78 is 17.1. The quantitative estimate of drug-likeness (QED) is 0.535. The van der Waals surface area contributed by atoms with Gasteiger partial charge in [-0.05, 0) is 29.8 Å². The fourth-order valence-corrected chi connectivity index (χ4v) is 3.00. The van der Waals surface area contributed by atoms with Gasteiger partial charge in [-0.1, -0.05) is 42.5 Å². The average Bonchev–Trinajstić information content (AvgIpc) is 3.16. The second-order valence-electron chi connectivity index (χ2n) is 6.09. The molecule has 3 aromatic carbocycles. The van der Waals surface area contributed by atoms with Gasteiger partial charge in [0.05, 0.1) is 25.3 Å². The molecule has 5 heteroatoms. The van der Waals surface area contributed by atoms with Crippen LogP contribution < -0.4 is 14.2 Å². The van der Waals surface area contributed by atoms with Crippen LogP contribution in [0.1, 0.15) is 5.56 Å². The van der Waals surface area contributed by atoms with Crippen LogP contribution >= 0.6 is 0 Å². The first-order chi connectivity index (χ1) is 13.3. The molecule has 0 aliphatic rings. The predicted molar refractivity (Wildman–Crippen MR) is 105 cm³/mol. The number of aromatic amines is 1. The Labute approximate surface area is 157 Å². The molecule has 0 spiro atoms. The van der Waals surface area contributed by atoms with Crippen LogP contribution in [0, 0.1) is 0 Å². The molecule has 0 fully saturated rings. The molecule has 1 heterocycles. The molecule has 0 bridgehead atoms. The van der Waals surface area contributed by atoms with Gasteiger partial charge in [-0.25, -0.2) is 4.98 Å². The Balaban J connectivity index is 1.73. The highest BCUT2D eigenvalue weighted by atomic mass is 16.5. The first-order valence-electron chi connectivity index (χ1n) is 8.66. The summed E-state index contributed by atoms with van der Waals surface area (Å²) >= 11 is 0. The monoisotopic (exact) mass is 360 g/mol. The summed E-state index contributed by atoms with van der Waals surface area (Å²) in [7, 11) is 3.22. The van der Waals surface area contributed by atoms with Crippen molar-refractivity contribution in [1.29, 1.82) is 0 Å². The van der Waals surface area contributed by atoms with E-state index >= 15 is 0 Å². The number of hydrogen-bond acceptors (Lipinski definition) is 4. The molecule has 4 aromatic rings. The van der Waals surface area contributed by atoms with Gasteiger partial charge in [0.25, 0.3) is 0 Å². The Hall–Kier alpha value is -3.47. The number of H-pyrrole nitrogens is 1. The molecule has 0 aliphatic heterocycles. The van der Waals surface area contributed by atoms with E-state index in [1.807, 2.05) is 66.7 Å². The predicted octanol–water partition coefficient (Wildman–Crippen LogP) is 4.83. The number of nitrogens with one attached hydrogen (secondary N) is 1. The molecular formula is C22H20N2O3. The molecule has 136 valence electrons. The minimum absolute atomic E-state index is 0.434. The van der Waals surface area contributed by atoms with Crippen LogP contribution in [-0.2, 0) is 6.61 Å². The summed E-state index contributed by atoms with van der Waals surface area (Å²) in [5.41, 5.74) is 3.84. The number of methoxy groups -OCH3 is 2. The summed E-state index contributed by atoms with van der Waals surface area (Å²) in [6, 6.07) is 21.7. The maximum Gasteiger partial charge on any atom is 0.203 e. The molecule has 0 unspecified atom stereocenters. The lowest BCUT2D eigenvalue weighted by atomic mass is 10.1. The van der Waals surface area contributed by atoms with Gasteiger partial charge in [0.15, 0.2) is 11.5 Å². The second-order valence-corrected chi connectivity index (χ2v) is 6.09. The molecule has 4 rings (SSSR count). The fraction of sp³-hybridized carbons (Fsp3) is 0.136. The normalized spacial score (nSPS) is 10.7. The Morgan fingerprint density at radius 2 is 1.59 bits per heavy atom. The molecule has 0 atom stereocenters. The summed E-state index contributed by atoms with van der Waals surface area (Å²) in [5, 5.41) is 0. The largest absolute Gasteiger partial charge is 0.493 e. The molecule has 0 aliphatic carbocycles. The number of ether oxygens (including phenoxy) is 3. The van der Waals surface area contributed by atoms with Gasteiger partial charge in [0.1, 0.15) is 12.4 Å². The van der Waals surface area contributed by atoms with Crippen LogP contribution in [0.5, 0.6) is 17.2 Å². The van der Waals surface area contributed by atoms with Crippen LogP contribution in [0.3, 0.4) is 0 Å². The smallest absolute Gasteiger partial charge is 0.203 e. The topological polar surface area (TPSA) is 56.4 Å². The first kappa shape index (κ1) is 17.0. The Morgan fingerprint density at radius 1 is 0.852 bits per heavy atom. The van der Waals surface area contributed by atoms with Crippen LogP contribution in [0.4, 0.5) is 0 Å². The number of rotatable bonds is 6. The zero-order valence-electron chi connectivity index (χ0n) is 15.2. The Bertz CT molecular complexity index is 1020. The minimum Gasteiger partial charge on any atom is -0.493 e. The minimum atomic E-state index is 0.434. The lowest BCUT2D eigenvalue weighted by molar-refractivity contribution is 0.275. The summed E-state index contributed by atoms with van der Waals surface area (Å²) in [4.78, 5) is 8.00. The lowest BCUT2D eigenvalue weighted by Gasteiger charge is -2.15. The number of imidazole rings is 1. The molecule has 27 heavy (non-hydrogen) atoms. The molecule has 1 aromatic heterocycles. The van der Waals surface area contributed by atoms with E-state index in [0.717, 1.165) is 28.0 Å². The van der Waals surface area contributed by atoms with Crippen molar-refractivity contribution in [3.05, 3.63) is 72.3 Å². The van der Waals surface area contributed by atoms with Gasteiger partial charge in [-0.2, -0.15) is 0 Å². The number of benzene rings is 3. The van der Waals surface area contributed by atoms with E-state index in [0.29, 0.717) is 23.9 Å². The first-order valence-corrected chi connectivity index (χ1v) is 8.66. The highest BCUT2D eigenvalue weighted by Gasteiger charge is 2.16. The van der Waals surface area contributed by atoms with Crippen molar-refractivity contribution in [2.75, 3.05) is 14.2 Å². The van der Waals surface area contributed by atoms with E-state index in [-0.39, 0.29) is 0 Å². The van der Waals surface area contributed by atoms with E-state index in [2.05, 4.69) is 9.97 Å². The van der Waals surface area contributed by atoms with E-state index in [4.69, 9.17) is 14.2 Å². The van der Waals surface area contributed by atoms with Gasteiger partial charge in [-0.3, -0.25) is 0 Å². The summed E-state index contributed by atoms with van der Waals surface area (Å²) in [5.74, 6) is 2.52. The van der Waals surface area contributed by atoms with E-state index < -0.39 is 0 Å². The fourth-order valence-electron chi connectivity index (χ4n) is 3.00. The standard InChI is InChI=1S/C22H20N2O3/c1-25-19-12-16(22-23-17-10-6-7-11-18(17)24-22)13-20(21(19)26-2)27-14-15-8-4-3-5-9-15/h3-13H,14H2,1-2H3,(H,23,24). The Morgan fingerprint density at radius 3 is 2.33 bits per heavy atom. The van der Waals surface area contributed by atoms with Gasteiger partial charge >= 0.3 is 0 Å². The maximum atomic E-state index is 6.05. The number of nitrogens with zero attached hydrogens (tertiary/aromatic N) is 1. The zero-order valence-corrected chi connectivity index (χ0v) is 15.2. The zero-order chi connectivity index (χ0) is 18.6. The van der Waals surface area contributed by atoms with Crippen molar-refractivity contribution >= 4 is 11.0 Å². The number of aromatic nitrogens is 2. The molecule has 0 saturated heterocycles. The molecule has 1 N–H and O–H groups in total. The van der Waals surface area contributed by atoms with Crippen LogP contribution in [0.25, 0.3) is 22.4 Å². The second kappa shape index (κ2) is 7.41. The Kier molecular flexibility index (Phi) is 4.66. The van der Waals surface area contributed by atoms with Crippen molar-refractivity contribution < 1.29 is 14.2 Å². The van der Waals surface area contributed by atoms with Crippen LogP contribution in [0.15, 0.2) is 66.7 Å². The number of para-hydroxylation sites is 2. The van der Waals surface area contributed by atoms with Crippen molar-refractivity contribution in [1.82, 2.24) is 9.97 Å². The average molecular weight is 360 g/mol. The summed E-state index contributed by atoms with van der Waals surface area (Å²) in [6.07, 6.45) is 0. The number of fused-ring (bicyclic) bond motifs is 1. The van der Waals surface area contributed by atoms with Crippen molar-refractivity contribution in [3.8, 4) is 28.6 Å². The van der Waals surface area contributed by atoms with Crippen molar-refractivity contribution in [3.63, 3.8) is 0 Å². The highest BCUT2D eigenvalue weighted by molar-refractivity contribution is 5.80. The van der Waals surface area contributed by atoms with E-state index in [9.17, 15) is 0 Å². The maximum absolute atomic E-state index is 6.05. The van der Waals surface area contributed by atoms with Crippen LogP contribution in [-0.4, -0.2) is 24.2 Å². The van der Waals surface area contributed by atoms with Gasteiger partial charge in [0.2, 0.25) is 5.75 Å². The third-order valence-corrected chi connectivity index (χ3v) is 4.34. The lowest BCUT2D eigenvalue weighted by Crippen LogP contribution is -2.00. The van der Waals surface area contributed by atoms with Gasteiger partial charge in [-0.15, -0.1) is 0 Å². The molecule has 0 amide bonds. The van der Waals surface area contributed by atoms with Gasteiger partial charge < -0.3 is 19.2 Å². The SMILES string of the molecule is COc1cc(-c2nc3ccccc3[nH]2)cc(OCc2ccccc2)c1OC.